The Morgan fingerprint density at radius 2 is 2.38 bits per heavy atom. The van der Waals surface area contributed by atoms with Crippen molar-refractivity contribution in [3.63, 3.8) is 0 Å². The first-order valence-corrected chi connectivity index (χ1v) is 3.65. The van der Waals surface area contributed by atoms with Gasteiger partial charge < -0.3 is 9.16 Å². The first-order valence-electron chi connectivity index (χ1n) is 2.83. The molecule has 0 aromatic carbocycles. The van der Waals surface area contributed by atoms with E-state index in [1.807, 2.05) is 0 Å². The second-order valence-corrected chi connectivity index (χ2v) is 3.31. The number of hydrogen-bond donors (Lipinski definition) is 0. The fourth-order valence-corrected chi connectivity index (χ4v) is 1.58. The molecule has 0 aromatic heterocycles. The summed E-state index contributed by atoms with van der Waals surface area (Å²) in [6, 6.07) is 0. The van der Waals surface area contributed by atoms with E-state index >= 15 is 0 Å². The van der Waals surface area contributed by atoms with E-state index < -0.39 is 0 Å². The van der Waals surface area contributed by atoms with Crippen LogP contribution in [-0.4, -0.2) is 30.3 Å². The molecule has 1 rings (SSSR count). The summed E-state index contributed by atoms with van der Waals surface area (Å²) in [4.78, 5) is 0. The van der Waals surface area contributed by atoms with Gasteiger partial charge in [-0.15, -0.1) is 0 Å². The lowest BCUT2D eigenvalue weighted by molar-refractivity contribution is -0.119. The maximum atomic E-state index is 5.11. The van der Waals surface area contributed by atoms with Crippen LogP contribution in [0.1, 0.15) is 6.92 Å². The van der Waals surface area contributed by atoms with Crippen LogP contribution in [0.15, 0.2) is 0 Å². The van der Waals surface area contributed by atoms with E-state index in [0.717, 1.165) is 30.3 Å². The Kier molecular flexibility index (Phi) is 1.70. The average molecular weight is 132 g/mol. The molecule has 1 fully saturated rings. The second kappa shape index (κ2) is 2.17. The highest BCUT2D eigenvalue weighted by molar-refractivity contribution is 5.97. The van der Waals surface area contributed by atoms with Crippen LogP contribution in [0.2, 0.25) is 0 Å². The van der Waals surface area contributed by atoms with Gasteiger partial charge in [0.25, 0.3) is 0 Å². The summed E-state index contributed by atoms with van der Waals surface area (Å²) in [7, 11) is 0.853. The number of ether oxygens (including phenoxy) is 1. The highest BCUT2D eigenvalue weighted by Gasteiger charge is 2.32. The molecule has 1 aliphatic rings. The molecule has 1 aliphatic heterocycles. The summed E-state index contributed by atoms with van der Waals surface area (Å²) in [5, 5.41) is 0. The van der Waals surface area contributed by atoms with Gasteiger partial charge in [-0.05, 0) is 0 Å². The van der Waals surface area contributed by atoms with Crippen molar-refractivity contribution in [2.75, 3.05) is 19.8 Å². The molecule has 0 atom stereocenters. The maximum absolute atomic E-state index is 5.11. The highest BCUT2D eigenvalue weighted by atomic mass is 28.2. The quantitative estimate of drug-likeness (QED) is 0.463. The van der Waals surface area contributed by atoms with Crippen molar-refractivity contribution in [2.24, 2.45) is 5.41 Å². The lowest BCUT2D eigenvalue weighted by Gasteiger charge is -2.37. The van der Waals surface area contributed by atoms with Gasteiger partial charge in [0.1, 0.15) is 10.5 Å². The summed E-state index contributed by atoms with van der Waals surface area (Å²) < 4.78 is 10.1. The van der Waals surface area contributed by atoms with Crippen molar-refractivity contribution in [2.45, 2.75) is 6.92 Å². The van der Waals surface area contributed by atoms with Gasteiger partial charge in [-0.3, -0.25) is 0 Å². The normalized spacial score (nSPS) is 25.1. The molecule has 0 radical (unpaired) electrons. The van der Waals surface area contributed by atoms with Crippen LogP contribution in [0.4, 0.5) is 0 Å². The third-order valence-corrected chi connectivity index (χ3v) is 1.68. The molecule has 0 aromatic rings. The largest absolute Gasteiger partial charge is 0.427 e. The van der Waals surface area contributed by atoms with E-state index in [9.17, 15) is 0 Å². The van der Waals surface area contributed by atoms with Crippen LogP contribution in [0.25, 0.3) is 0 Å². The Bertz CT molecular complexity index is 80.5. The molecule has 1 heterocycles. The SMILES string of the molecule is CC1(CO[SiH3])COC1. The van der Waals surface area contributed by atoms with Crippen LogP contribution >= 0.6 is 0 Å². The Morgan fingerprint density at radius 1 is 1.75 bits per heavy atom. The fourth-order valence-electron chi connectivity index (χ4n) is 0.882. The molecule has 0 saturated carbocycles. The zero-order valence-corrected chi connectivity index (χ0v) is 7.44. The molecule has 0 spiro atoms. The van der Waals surface area contributed by atoms with Crippen molar-refractivity contribution in [3.05, 3.63) is 0 Å². The topological polar surface area (TPSA) is 18.5 Å². The van der Waals surface area contributed by atoms with Crippen LogP contribution in [-0.2, 0) is 9.16 Å². The smallest absolute Gasteiger partial charge is 0.145 e. The molecule has 3 heteroatoms. The van der Waals surface area contributed by atoms with Crippen molar-refractivity contribution in [3.8, 4) is 0 Å². The first kappa shape index (κ1) is 6.26. The fraction of sp³-hybridized carbons (Fsp3) is 1.00. The van der Waals surface area contributed by atoms with E-state index in [1.165, 1.54) is 0 Å². The highest BCUT2D eigenvalue weighted by Crippen LogP contribution is 2.25. The first-order chi connectivity index (χ1) is 3.77. The van der Waals surface area contributed by atoms with Crippen LogP contribution in [0.5, 0.6) is 0 Å². The van der Waals surface area contributed by atoms with Gasteiger partial charge in [-0.2, -0.15) is 0 Å². The average Bonchev–Trinajstić information content (AvgIpc) is 1.64. The van der Waals surface area contributed by atoms with E-state index in [1.54, 1.807) is 0 Å². The molecule has 1 saturated heterocycles. The number of hydrogen-bond acceptors (Lipinski definition) is 2. The zero-order valence-electron chi connectivity index (χ0n) is 5.44. The molecule has 0 unspecified atom stereocenters. The van der Waals surface area contributed by atoms with Crippen molar-refractivity contribution in [1.82, 2.24) is 0 Å². The van der Waals surface area contributed by atoms with Gasteiger partial charge in [0.15, 0.2) is 0 Å². The summed E-state index contributed by atoms with van der Waals surface area (Å²) >= 11 is 0. The van der Waals surface area contributed by atoms with Crippen LogP contribution in [0, 0.1) is 5.41 Å². The monoisotopic (exact) mass is 132 g/mol. The second-order valence-electron chi connectivity index (χ2n) is 2.74. The molecule has 0 aliphatic carbocycles. The molecule has 0 bridgehead atoms. The van der Waals surface area contributed by atoms with Gasteiger partial charge in [0, 0.05) is 12.0 Å². The Labute approximate surface area is 52.7 Å². The minimum atomic E-state index is 0.363. The molecule has 48 valence electrons. The van der Waals surface area contributed by atoms with Gasteiger partial charge in [-0.25, -0.2) is 0 Å². The van der Waals surface area contributed by atoms with Crippen molar-refractivity contribution >= 4 is 10.5 Å². The summed E-state index contributed by atoms with van der Waals surface area (Å²) in [6.45, 7) is 4.85. The summed E-state index contributed by atoms with van der Waals surface area (Å²) in [6.07, 6.45) is 0. The van der Waals surface area contributed by atoms with Crippen molar-refractivity contribution in [1.29, 1.82) is 0 Å². The van der Waals surface area contributed by atoms with Gasteiger partial charge in [0.2, 0.25) is 0 Å². The maximum Gasteiger partial charge on any atom is 0.145 e. The van der Waals surface area contributed by atoms with Gasteiger partial charge in [-0.1, -0.05) is 6.92 Å². The van der Waals surface area contributed by atoms with Gasteiger partial charge in [0.05, 0.1) is 13.2 Å². The Balaban J connectivity index is 2.20. The van der Waals surface area contributed by atoms with Gasteiger partial charge >= 0.3 is 0 Å². The molecule has 0 amide bonds. The molecule has 2 nitrogen and oxygen atoms in total. The van der Waals surface area contributed by atoms with Crippen molar-refractivity contribution < 1.29 is 9.16 Å². The van der Waals surface area contributed by atoms with E-state index in [0.29, 0.717) is 5.41 Å². The van der Waals surface area contributed by atoms with E-state index in [4.69, 9.17) is 9.16 Å². The third kappa shape index (κ3) is 1.10. The standard InChI is InChI=1S/C5H12O2Si/c1-5(4-7-8)2-6-3-5/h2-4H2,1,8H3. The lowest BCUT2D eigenvalue weighted by Crippen LogP contribution is -2.43. The van der Waals surface area contributed by atoms with E-state index in [2.05, 4.69) is 6.92 Å². The summed E-state index contributed by atoms with van der Waals surface area (Å²) in [5.41, 5.74) is 0.363. The minimum absolute atomic E-state index is 0.363. The molecule has 0 N–H and O–H groups in total. The van der Waals surface area contributed by atoms with Crippen LogP contribution < -0.4 is 0 Å². The zero-order chi connectivity index (χ0) is 6.04. The minimum Gasteiger partial charge on any atom is -0.427 e. The number of rotatable bonds is 2. The van der Waals surface area contributed by atoms with Crippen LogP contribution in [0.3, 0.4) is 0 Å². The predicted octanol–water partition coefficient (Wildman–Crippen LogP) is -0.680. The molecule has 8 heavy (non-hydrogen) atoms. The Hall–Kier alpha value is 0.137. The third-order valence-electron chi connectivity index (χ3n) is 1.39. The summed E-state index contributed by atoms with van der Waals surface area (Å²) in [5.74, 6) is 0. The molecular weight excluding hydrogens is 120 g/mol. The predicted molar refractivity (Wildman–Crippen MR) is 34.8 cm³/mol. The lowest BCUT2D eigenvalue weighted by atomic mass is 9.90. The van der Waals surface area contributed by atoms with E-state index in [-0.39, 0.29) is 0 Å². The Morgan fingerprint density at radius 3 is 2.50 bits per heavy atom. The molecular formula is C5H12O2Si.